The average Bonchev–Trinajstić information content (AvgIpc) is 2.67. The number of aromatic nitrogens is 1. The van der Waals surface area contributed by atoms with Crippen molar-refractivity contribution in [1.82, 2.24) is 15.6 Å². The Kier molecular flexibility index (Phi) is 6.94. The van der Waals surface area contributed by atoms with E-state index in [9.17, 15) is 18.4 Å². The standard InChI is InChI=1S/C21H24F2N4O3/c1-12(28)27-16-10-17(4-6-26-21(29)18-3-2-5-25-20(18)24)30-19(11-16)13-7-14(22)9-15(23)8-13/h2-3,5,7-9,16-17,19H,4,6,10-11H2,1H3,(H2,24,25)(H,26,29)(H,27,28)/t16-,17+,19+/m0/s1. The summed E-state index contributed by atoms with van der Waals surface area (Å²) in [5, 5.41) is 5.62. The molecule has 0 radical (unpaired) electrons. The number of benzene rings is 1. The molecule has 7 nitrogen and oxygen atoms in total. The zero-order valence-corrected chi connectivity index (χ0v) is 16.5. The summed E-state index contributed by atoms with van der Waals surface area (Å²) in [6.45, 7) is 1.72. The van der Waals surface area contributed by atoms with Crippen molar-refractivity contribution < 1.29 is 23.1 Å². The zero-order chi connectivity index (χ0) is 21.7. The minimum absolute atomic E-state index is 0.142. The van der Waals surface area contributed by atoms with Gasteiger partial charge in [-0.2, -0.15) is 0 Å². The molecule has 0 spiro atoms. The third kappa shape index (κ3) is 5.73. The fourth-order valence-corrected chi connectivity index (χ4v) is 3.63. The van der Waals surface area contributed by atoms with Crippen LogP contribution in [0.4, 0.5) is 14.6 Å². The van der Waals surface area contributed by atoms with Crippen LogP contribution in [0.3, 0.4) is 0 Å². The number of hydrogen-bond acceptors (Lipinski definition) is 5. The highest BCUT2D eigenvalue weighted by molar-refractivity contribution is 5.98. The van der Waals surface area contributed by atoms with Crippen molar-refractivity contribution in [1.29, 1.82) is 0 Å². The van der Waals surface area contributed by atoms with Gasteiger partial charge in [0.05, 0.1) is 17.8 Å². The van der Waals surface area contributed by atoms with Crippen molar-refractivity contribution in [2.45, 2.75) is 44.4 Å². The Morgan fingerprint density at radius 1 is 1.23 bits per heavy atom. The van der Waals surface area contributed by atoms with Crippen molar-refractivity contribution in [3.8, 4) is 0 Å². The summed E-state index contributed by atoms with van der Waals surface area (Å²) in [5.41, 5.74) is 6.37. The molecule has 2 heterocycles. The highest BCUT2D eigenvalue weighted by atomic mass is 19.1. The van der Waals surface area contributed by atoms with Gasteiger partial charge in [-0.15, -0.1) is 0 Å². The van der Waals surface area contributed by atoms with Crippen LogP contribution in [0.5, 0.6) is 0 Å². The van der Waals surface area contributed by atoms with E-state index in [0.29, 0.717) is 31.4 Å². The molecule has 3 atom stereocenters. The van der Waals surface area contributed by atoms with Crippen LogP contribution in [-0.2, 0) is 9.53 Å². The highest BCUT2D eigenvalue weighted by Gasteiger charge is 2.31. The van der Waals surface area contributed by atoms with Gasteiger partial charge in [0, 0.05) is 31.8 Å². The van der Waals surface area contributed by atoms with Crippen molar-refractivity contribution >= 4 is 17.6 Å². The predicted octanol–water partition coefficient (Wildman–Crippen LogP) is 2.49. The molecular formula is C21H24F2N4O3. The molecule has 3 rings (SSSR count). The predicted molar refractivity (Wildman–Crippen MR) is 106 cm³/mol. The number of halogens is 2. The molecule has 1 fully saturated rings. The summed E-state index contributed by atoms with van der Waals surface area (Å²) in [6.07, 6.45) is 1.99. The maximum Gasteiger partial charge on any atom is 0.255 e. The fourth-order valence-electron chi connectivity index (χ4n) is 3.63. The second kappa shape index (κ2) is 9.62. The van der Waals surface area contributed by atoms with Crippen LogP contribution in [0.2, 0.25) is 0 Å². The van der Waals surface area contributed by atoms with Crippen LogP contribution in [0, 0.1) is 11.6 Å². The Bertz CT molecular complexity index is 905. The Balaban J connectivity index is 1.64. The molecule has 2 amide bonds. The molecule has 1 aliphatic heterocycles. The van der Waals surface area contributed by atoms with Crippen molar-refractivity contribution in [2.24, 2.45) is 0 Å². The smallest absolute Gasteiger partial charge is 0.255 e. The minimum atomic E-state index is -0.687. The Morgan fingerprint density at radius 3 is 2.63 bits per heavy atom. The number of anilines is 1. The number of carbonyl (C=O) groups excluding carboxylic acids is 2. The normalized spacial score (nSPS) is 21.1. The van der Waals surface area contributed by atoms with Gasteiger partial charge in [-0.1, -0.05) is 0 Å². The molecule has 160 valence electrons. The van der Waals surface area contributed by atoms with Crippen LogP contribution in [-0.4, -0.2) is 35.5 Å². The van der Waals surface area contributed by atoms with E-state index in [0.717, 1.165) is 6.07 Å². The lowest BCUT2D eigenvalue weighted by Gasteiger charge is -2.36. The number of amides is 2. The molecule has 0 unspecified atom stereocenters. The molecule has 2 aromatic rings. The monoisotopic (exact) mass is 418 g/mol. The average molecular weight is 418 g/mol. The lowest BCUT2D eigenvalue weighted by molar-refractivity contribution is -0.122. The van der Waals surface area contributed by atoms with Crippen LogP contribution in [0.15, 0.2) is 36.5 Å². The number of nitrogens with zero attached hydrogens (tertiary/aromatic N) is 1. The highest BCUT2D eigenvalue weighted by Crippen LogP contribution is 2.33. The number of pyridine rings is 1. The van der Waals surface area contributed by atoms with E-state index in [-0.39, 0.29) is 35.3 Å². The van der Waals surface area contributed by atoms with Gasteiger partial charge >= 0.3 is 0 Å². The van der Waals surface area contributed by atoms with E-state index in [1.807, 2.05) is 0 Å². The lowest BCUT2D eigenvalue weighted by atomic mass is 9.92. The quantitative estimate of drug-likeness (QED) is 0.668. The first kappa shape index (κ1) is 21.6. The van der Waals surface area contributed by atoms with E-state index in [4.69, 9.17) is 10.5 Å². The topological polar surface area (TPSA) is 106 Å². The first-order valence-corrected chi connectivity index (χ1v) is 9.69. The molecule has 30 heavy (non-hydrogen) atoms. The summed E-state index contributed by atoms with van der Waals surface area (Å²) >= 11 is 0. The summed E-state index contributed by atoms with van der Waals surface area (Å²) in [6, 6.07) is 6.26. The van der Waals surface area contributed by atoms with Gasteiger partial charge in [0.25, 0.3) is 5.91 Å². The number of ether oxygens (including phenoxy) is 1. The Morgan fingerprint density at radius 2 is 1.97 bits per heavy atom. The van der Waals surface area contributed by atoms with Gasteiger partial charge < -0.3 is 21.1 Å². The second-order valence-electron chi connectivity index (χ2n) is 7.30. The summed E-state index contributed by atoms with van der Waals surface area (Å²) < 4.78 is 33.3. The molecule has 0 bridgehead atoms. The zero-order valence-electron chi connectivity index (χ0n) is 16.5. The number of hydrogen-bond donors (Lipinski definition) is 3. The molecule has 4 N–H and O–H groups in total. The first-order valence-electron chi connectivity index (χ1n) is 9.69. The van der Waals surface area contributed by atoms with Gasteiger partial charge in [0.2, 0.25) is 5.91 Å². The first-order chi connectivity index (χ1) is 14.3. The van der Waals surface area contributed by atoms with Crippen LogP contribution in [0.25, 0.3) is 0 Å². The van der Waals surface area contributed by atoms with E-state index in [1.165, 1.54) is 25.3 Å². The van der Waals surface area contributed by atoms with Gasteiger partial charge in [0.15, 0.2) is 0 Å². The van der Waals surface area contributed by atoms with Crippen LogP contribution < -0.4 is 16.4 Å². The van der Waals surface area contributed by atoms with Gasteiger partial charge in [-0.05, 0) is 49.1 Å². The Labute approximate surface area is 173 Å². The molecule has 1 aromatic carbocycles. The maximum atomic E-state index is 13.6. The number of carbonyl (C=O) groups is 2. The molecule has 1 aliphatic rings. The summed E-state index contributed by atoms with van der Waals surface area (Å²) in [5.74, 6) is -1.77. The van der Waals surface area contributed by atoms with Crippen molar-refractivity contribution in [3.05, 3.63) is 59.3 Å². The van der Waals surface area contributed by atoms with Crippen LogP contribution in [0.1, 0.15) is 48.2 Å². The van der Waals surface area contributed by atoms with E-state index in [1.54, 1.807) is 12.1 Å². The molecular weight excluding hydrogens is 394 g/mol. The van der Waals surface area contributed by atoms with E-state index < -0.39 is 17.7 Å². The number of rotatable bonds is 6. The summed E-state index contributed by atoms with van der Waals surface area (Å²) in [7, 11) is 0. The lowest BCUT2D eigenvalue weighted by Crippen LogP contribution is -2.43. The SMILES string of the molecule is CC(=O)N[C@H]1C[C@@H](CCNC(=O)c2cccnc2N)O[C@@H](c2cc(F)cc(F)c2)C1. The number of nitrogens with two attached hydrogens (primary N) is 1. The molecule has 1 aromatic heterocycles. The van der Waals surface area contributed by atoms with Gasteiger partial charge in [0.1, 0.15) is 17.5 Å². The number of nitrogens with one attached hydrogen (secondary N) is 2. The van der Waals surface area contributed by atoms with Crippen molar-refractivity contribution in [3.63, 3.8) is 0 Å². The largest absolute Gasteiger partial charge is 0.383 e. The minimum Gasteiger partial charge on any atom is -0.383 e. The number of nitrogen functional groups attached to an aromatic ring is 1. The van der Waals surface area contributed by atoms with Crippen LogP contribution >= 0.6 is 0 Å². The summed E-state index contributed by atoms with van der Waals surface area (Å²) in [4.78, 5) is 27.7. The molecule has 9 heteroatoms. The Hall–Kier alpha value is -3.07. The van der Waals surface area contributed by atoms with Crippen molar-refractivity contribution in [2.75, 3.05) is 12.3 Å². The third-order valence-corrected chi connectivity index (χ3v) is 4.90. The molecule has 0 saturated carbocycles. The third-order valence-electron chi connectivity index (χ3n) is 4.90. The van der Waals surface area contributed by atoms with Gasteiger partial charge in [-0.25, -0.2) is 13.8 Å². The molecule has 1 saturated heterocycles. The fraction of sp³-hybridized carbons (Fsp3) is 0.381. The van der Waals surface area contributed by atoms with E-state index in [2.05, 4.69) is 15.6 Å². The van der Waals surface area contributed by atoms with Gasteiger partial charge in [-0.3, -0.25) is 9.59 Å². The molecule has 0 aliphatic carbocycles. The maximum absolute atomic E-state index is 13.6. The second-order valence-corrected chi connectivity index (χ2v) is 7.30. The van der Waals surface area contributed by atoms with E-state index >= 15 is 0 Å².